The van der Waals surface area contributed by atoms with E-state index in [9.17, 15) is 15.4 Å². The highest BCUT2D eigenvalue weighted by molar-refractivity contribution is 9.10. The maximum absolute atomic E-state index is 10.8. The molecule has 1 atom stereocenters. The van der Waals surface area contributed by atoms with Gasteiger partial charge in [-0.1, -0.05) is 6.07 Å². The lowest BCUT2D eigenvalue weighted by atomic mass is 10.1. The highest BCUT2D eigenvalue weighted by atomic mass is 79.9. The monoisotopic (exact) mass is 339 g/mol. The maximum atomic E-state index is 10.8. The van der Waals surface area contributed by atoms with Crippen LogP contribution in [0.15, 0.2) is 22.7 Å². The molecule has 20 heavy (non-hydrogen) atoms. The van der Waals surface area contributed by atoms with E-state index in [-0.39, 0.29) is 16.8 Å². The van der Waals surface area contributed by atoms with Crippen LogP contribution in [0.3, 0.4) is 0 Å². The van der Waals surface area contributed by atoms with Crippen LogP contribution in [0.1, 0.15) is 19.8 Å². The Balaban J connectivity index is 2.08. The molecule has 0 amide bonds. The lowest BCUT2D eigenvalue weighted by molar-refractivity contribution is -0.385. The van der Waals surface area contributed by atoms with Crippen LogP contribution in [0.4, 0.5) is 5.69 Å². The van der Waals surface area contributed by atoms with Crippen LogP contribution in [-0.2, 0) is 0 Å². The molecule has 0 radical (unpaired) electrons. The third-order valence-electron chi connectivity index (χ3n) is 3.00. The first-order chi connectivity index (χ1) is 9.45. The summed E-state index contributed by atoms with van der Waals surface area (Å²) in [6, 6.07) is 7.14. The first-order valence-corrected chi connectivity index (χ1v) is 6.99. The van der Waals surface area contributed by atoms with Crippen molar-refractivity contribution in [3.63, 3.8) is 0 Å². The smallest absolute Gasteiger partial charge is 0.287 e. The first-order valence-electron chi connectivity index (χ1n) is 6.20. The minimum Gasteiger partial charge on any atom is -0.489 e. The van der Waals surface area contributed by atoms with Gasteiger partial charge in [0.05, 0.1) is 11.0 Å². The van der Waals surface area contributed by atoms with Crippen LogP contribution < -0.4 is 10.1 Å². The molecule has 0 bridgehead atoms. The van der Waals surface area contributed by atoms with E-state index in [1.54, 1.807) is 19.1 Å². The molecule has 7 heteroatoms. The lowest BCUT2D eigenvalue weighted by Gasteiger charge is -2.23. The minimum absolute atomic E-state index is 0.0590. The SMILES string of the molecule is CC(C#N)(COc1cccc([N+](=O)[O-])c1Br)NC1CC1. The van der Waals surface area contributed by atoms with Gasteiger partial charge < -0.3 is 4.74 Å². The second kappa shape index (κ2) is 5.77. The van der Waals surface area contributed by atoms with Gasteiger partial charge in [0.1, 0.15) is 22.4 Å². The Morgan fingerprint density at radius 3 is 2.90 bits per heavy atom. The third-order valence-corrected chi connectivity index (χ3v) is 3.80. The molecule has 1 saturated carbocycles. The molecule has 1 aromatic rings. The molecule has 1 unspecified atom stereocenters. The zero-order valence-electron chi connectivity index (χ0n) is 10.9. The molecule has 1 aliphatic rings. The minimum atomic E-state index is -0.800. The summed E-state index contributed by atoms with van der Waals surface area (Å²) in [6.45, 7) is 1.89. The Hall–Kier alpha value is -1.65. The molecule has 0 heterocycles. The molecule has 2 rings (SSSR count). The van der Waals surface area contributed by atoms with Crippen molar-refractivity contribution in [3.05, 3.63) is 32.8 Å². The topological polar surface area (TPSA) is 88.2 Å². The van der Waals surface area contributed by atoms with Gasteiger partial charge in [-0.2, -0.15) is 5.26 Å². The summed E-state index contributed by atoms with van der Waals surface area (Å²) in [6.07, 6.45) is 2.13. The number of nitro groups is 1. The van der Waals surface area contributed by atoms with E-state index >= 15 is 0 Å². The van der Waals surface area contributed by atoms with Crippen LogP contribution in [-0.4, -0.2) is 23.1 Å². The second-order valence-corrected chi connectivity index (χ2v) is 5.79. The molecule has 1 aromatic carbocycles. The number of rotatable bonds is 6. The van der Waals surface area contributed by atoms with Crippen molar-refractivity contribution in [2.24, 2.45) is 0 Å². The number of hydrogen-bond acceptors (Lipinski definition) is 5. The average Bonchev–Trinajstić information content (AvgIpc) is 3.21. The molecule has 1 N–H and O–H groups in total. The molecule has 0 aromatic heterocycles. The van der Waals surface area contributed by atoms with Crippen LogP contribution >= 0.6 is 15.9 Å². The normalized spacial score (nSPS) is 17.1. The molecule has 6 nitrogen and oxygen atoms in total. The highest BCUT2D eigenvalue weighted by Crippen LogP contribution is 2.34. The fraction of sp³-hybridized carbons (Fsp3) is 0.462. The number of benzene rings is 1. The Morgan fingerprint density at radius 2 is 2.35 bits per heavy atom. The summed E-state index contributed by atoms with van der Waals surface area (Å²) in [7, 11) is 0. The van der Waals surface area contributed by atoms with Crippen LogP contribution in [0.2, 0.25) is 0 Å². The molecule has 1 fully saturated rings. The fourth-order valence-electron chi connectivity index (χ4n) is 1.76. The Labute approximate surface area is 125 Å². The summed E-state index contributed by atoms with van der Waals surface area (Å²) in [5, 5.41) is 23.3. The number of nitrogens with one attached hydrogen (secondary N) is 1. The van der Waals surface area contributed by atoms with E-state index in [1.165, 1.54) is 6.07 Å². The van der Waals surface area contributed by atoms with E-state index in [0.29, 0.717) is 11.8 Å². The first kappa shape index (κ1) is 14.8. The summed E-state index contributed by atoms with van der Waals surface area (Å²) in [5.41, 5.74) is -0.859. The fourth-order valence-corrected chi connectivity index (χ4v) is 2.28. The molecule has 0 aliphatic heterocycles. The molecule has 0 saturated heterocycles. The summed E-state index contributed by atoms with van der Waals surface area (Å²) >= 11 is 3.16. The molecular formula is C13H14BrN3O3. The van der Waals surface area contributed by atoms with E-state index in [2.05, 4.69) is 27.3 Å². The summed E-state index contributed by atoms with van der Waals surface area (Å²) in [4.78, 5) is 10.4. The number of nitriles is 1. The zero-order valence-corrected chi connectivity index (χ0v) is 12.5. The molecule has 106 valence electrons. The van der Waals surface area contributed by atoms with Crippen molar-refractivity contribution in [2.75, 3.05) is 6.61 Å². The van der Waals surface area contributed by atoms with Gasteiger partial charge in [-0.3, -0.25) is 15.4 Å². The molecular weight excluding hydrogens is 326 g/mol. The Bertz CT molecular complexity index is 568. The van der Waals surface area contributed by atoms with Gasteiger partial charge in [0.15, 0.2) is 0 Å². The second-order valence-electron chi connectivity index (χ2n) is 5.00. The zero-order chi connectivity index (χ0) is 14.8. The van der Waals surface area contributed by atoms with E-state index in [0.717, 1.165) is 12.8 Å². The average molecular weight is 340 g/mol. The van der Waals surface area contributed by atoms with Crippen molar-refractivity contribution in [1.29, 1.82) is 5.26 Å². The number of nitro benzene ring substituents is 1. The summed E-state index contributed by atoms with van der Waals surface area (Å²) < 4.78 is 5.86. The largest absolute Gasteiger partial charge is 0.489 e. The van der Waals surface area contributed by atoms with Crippen molar-refractivity contribution in [3.8, 4) is 11.8 Å². The van der Waals surface area contributed by atoms with Gasteiger partial charge in [0.25, 0.3) is 5.69 Å². The predicted molar refractivity (Wildman–Crippen MR) is 76.5 cm³/mol. The van der Waals surface area contributed by atoms with E-state index in [4.69, 9.17) is 4.74 Å². The van der Waals surface area contributed by atoms with Crippen LogP contribution in [0.25, 0.3) is 0 Å². The lowest BCUT2D eigenvalue weighted by Crippen LogP contribution is -2.47. The number of nitrogens with zero attached hydrogens (tertiary/aromatic N) is 2. The maximum Gasteiger partial charge on any atom is 0.287 e. The van der Waals surface area contributed by atoms with Gasteiger partial charge in [0.2, 0.25) is 0 Å². The quantitative estimate of drug-likeness (QED) is 0.635. The molecule has 0 spiro atoms. The van der Waals surface area contributed by atoms with Gasteiger partial charge >= 0.3 is 0 Å². The number of halogens is 1. The van der Waals surface area contributed by atoms with Crippen molar-refractivity contribution >= 4 is 21.6 Å². The Kier molecular flexibility index (Phi) is 4.26. The predicted octanol–water partition coefficient (Wildman–Crippen LogP) is 2.77. The van der Waals surface area contributed by atoms with Crippen LogP contribution in [0, 0.1) is 21.4 Å². The molecule has 1 aliphatic carbocycles. The van der Waals surface area contributed by atoms with Gasteiger partial charge in [-0.05, 0) is 41.8 Å². The van der Waals surface area contributed by atoms with Crippen molar-refractivity contribution in [2.45, 2.75) is 31.3 Å². The number of hydrogen-bond donors (Lipinski definition) is 1. The van der Waals surface area contributed by atoms with Crippen LogP contribution in [0.5, 0.6) is 5.75 Å². The number of ether oxygens (including phenoxy) is 1. The van der Waals surface area contributed by atoms with E-state index < -0.39 is 10.5 Å². The third kappa shape index (κ3) is 3.46. The van der Waals surface area contributed by atoms with Gasteiger partial charge in [-0.25, -0.2) is 0 Å². The summed E-state index contributed by atoms with van der Waals surface area (Å²) in [5.74, 6) is 0.360. The van der Waals surface area contributed by atoms with Gasteiger partial charge in [0, 0.05) is 12.1 Å². The standard InChI is InChI=1S/C13H14BrN3O3/c1-13(7-15,16-9-5-6-9)8-20-11-4-2-3-10(12(11)14)17(18)19/h2-4,9,16H,5-6,8H2,1H3. The van der Waals surface area contributed by atoms with E-state index in [1.807, 2.05) is 0 Å². The highest BCUT2D eigenvalue weighted by Gasteiger charge is 2.33. The van der Waals surface area contributed by atoms with Gasteiger partial charge in [-0.15, -0.1) is 0 Å². The van der Waals surface area contributed by atoms with Crippen molar-refractivity contribution < 1.29 is 9.66 Å². The Morgan fingerprint density at radius 1 is 1.65 bits per heavy atom. The van der Waals surface area contributed by atoms with Crippen molar-refractivity contribution in [1.82, 2.24) is 5.32 Å².